The van der Waals surface area contributed by atoms with Crippen molar-refractivity contribution in [1.29, 1.82) is 0 Å². The lowest BCUT2D eigenvalue weighted by Gasteiger charge is -2.11. The van der Waals surface area contributed by atoms with E-state index in [4.69, 9.17) is 22.1 Å². The van der Waals surface area contributed by atoms with E-state index in [9.17, 15) is 4.79 Å². The second-order valence-corrected chi connectivity index (χ2v) is 8.40. The minimum absolute atomic E-state index is 0.200. The van der Waals surface area contributed by atoms with Gasteiger partial charge in [-0.15, -0.1) is 0 Å². The number of nitrogens with two attached hydrogens (primary N) is 1. The lowest BCUT2D eigenvalue weighted by molar-refractivity contribution is 0.0947. The van der Waals surface area contributed by atoms with Gasteiger partial charge in [-0.2, -0.15) is 0 Å². The number of H-pyrrole nitrogens is 1. The largest absolute Gasteiger partial charge is 0.496 e. The van der Waals surface area contributed by atoms with Crippen LogP contribution in [0, 0.1) is 6.92 Å². The van der Waals surface area contributed by atoms with Crippen molar-refractivity contribution in [3.8, 4) is 5.75 Å². The molecule has 0 atom stereocenters. The van der Waals surface area contributed by atoms with E-state index < -0.39 is 0 Å². The van der Waals surface area contributed by atoms with E-state index in [0.717, 1.165) is 27.7 Å². The van der Waals surface area contributed by atoms with E-state index in [2.05, 4.69) is 25.3 Å². The average molecular weight is 476 g/mol. The van der Waals surface area contributed by atoms with Gasteiger partial charge >= 0.3 is 0 Å². The summed E-state index contributed by atoms with van der Waals surface area (Å²) in [5, 5.41) is 4.53. The Morgan fingerprint density at radius 1 is 1.24 bits per heavy atom. The zero-order valence-electron chi connectivity index (χ0n) is 18.6. The molecule has 2 aromatic carbocycles. The Hall–Kier alpha value is -4.11. The van der Waals surface area contributed by atoms with Gasteiger partial charge in [0.1, 0.15) is 17.6 Å². The predicted molar refractivity (Wildman–Crippen MR) is 131 cm³/mol. The maximum Gasteiger partial charge on any atom is 0.255 e. The van der Waals surface area contributed by atoms with Gasteiger partial charge in [-0.05, 0) is 42.3 Å². The zero-order chi connectivity index (χ0) is 23.8. The van der Waals surface area contributed by atoms with Gasteiger partial charge in [0.25, 0.3) is 5.91 Å². The molecule has 3 heterocycles. The molecule has 0 unspecified atom stereocenters. The van der Waals surface area contributed by atoms with Gasteiger partial charge in [0, 0.05) is 16.1 Å². The number of anilines is 1. The monoisotopic (exact) mass is 475 g/mol. The fraction of sp³-hybridized carbons (Fsp3) is 0.167. The van der Waals surface area contributed by atoms with Gasteiger partial charge in [-0.1, -0.05) is 23.7 Å². The highest BCUT2D eigenvalue weighted by Gasteiger charge is 2.16. The summed E-state index contributed by atoms with van der Waals surface area (Å²) in [7, 11) is 1.55. The molecule has 3 aromatic heterocycles. The number of hydrogen-bond donors (Lipinski definition) is 3. The van der Waals surface area contributed by atoms with Crippen molar-refractivity contribution in [2.24, 2.45) is 0 Å². The second kappa shape index (κ2) is 8.68. The Kier molecular flexibility index (Phi) is 5.54. The molecule has 0 aliphatic rings. The summed E-state index contributed by atoms with van der Waals surface area (Å²) in [5.74, 6) is 0.678. The minimum Gasteiger partial charge on any atom is -0.496 e. The molecule has 0 bridgehead atoms. The van der Waals surface area contributed by atoms with Gasteiger partial charge in [-0.3, -0.25) is 4.79 Å². The first-order valence-electron chi connectivity index (χ1n) is 10.6. The number of halogens is 1. The number of imidazole rings is 1. The van der Waals surface area contributed by atoms with Crippen LogP contribution >= 0.6 is 11.6 Å². The fourth-order valence-electron chi connectivity index (χ4n) is 4.12. The van der Waals surface area contributed by atoms with Crippen molar-refractivity contribution >= 4 is 45.4 Å². The minimum atomic E-state index is -0.200. The van der Waals surface area contributed by atoms with Crippen LogP contribution in [0.1, 0.15) is 27.2 Å². The van der Waals surface area contributed by atoms with E-state index in [1.165, 1.54) is 6.33 Å². The molecule has 1 amide bonds. The molecule has 0 spiro atoms. The molecule has 34 heavy (non-hydrogen) atoms. The van der Waals surface area contributed by atoms with Gasteiger partial charge in [0.15, 0.2) is 11.5 Å². The van der Waals surface area contributed by atoms with Crippen molar-refractivity contribution < 1.29 is 9.53 Å². The Balaban J connectivity index is 1.42. The number of carbonyl (C=O) groups excluding carboxylic acids is 1. The van der Waals surface area contributed by atoms with Crippen LogP contribution < -0.4 is 15.8 Å². The van der Waals surface area contributed by atoms with Crippen molar-refractivity contribution in [3.05, 3.63) is 76.5 Å². The number of nitrogen functional groups attached to an aromatic ring is 1. The highest BCUT2D eigenvalue weighted by atomic mass is 35.5. The highest BCUT2D eigenvalue weighted by molar-refractivity contribution is 6.31. The van der Waals surface area contributed by atoms with Crippen LogP contribution in [-0.2, 0) is 13.1 Å². The number of methoxy groups -OCH3 is 1. The third-order valence-corrected chi connectivity index (χ3v) is 5.94. The molecule has 0 saturated carbocycles. The number of benzene rings is 2. The topological polar surface area (TPSA) is 124 Å². The summed E-state index contributed by atoms with van der Waals surface area (Å²) >= 11 is 6.41. The van der Waals surface area contributed by atoms with Crippen molar-refractivity contribution in [1.82, 2.24) is 29.8 Å². The average Bonchev–Trinajstić information content (AvgIpc) is 3.42. The summed E-state index contributed by atoms with van der Waals surface area (Å²) < 4.78 is 7.25. The SMILES string of the molecule is COc1cccc(C)c1C(=O)NCc1cc2cc(Cl)cc(Cn3cnc4c(N)ncnc43)c2[nH]1. The van der Waals surface area contributed by atoms with E-state index in [1.807, 2.05) is 41.8 Å². The number of fused-ring (bicyclic) bond motifs is 2. The Morgan fingerprint density at radius 2 is 2.09 bits per heavy atom. The molecule has 4 N–H and O–H groups in total. The maximum absolute atomic E-state index is 12.9. The Labute approximate surface area is 199 Å². The molecule has 5 rings (SSSR count). The van der Waals surface area contributed by atoms with Crippen molar-refractivity contribution in [2.45, 2.75) is 20.0 Å². The van der Waals surface area contributed by atoms with Crippen LogP contribution in [0.5, 0.6) is 5.75 Å². The number of carbonyl (C=O) groups is 1. The highest BCUT2D eigenvalue weighted by Crippen LogP contribution is 2.27. The molecular weight excluding hydrogens is 454 g/mol. The molecule has 0 aliphatic heterocycles. The number of nitrogens with zero attached hydrogens (tertiary/aromatic N) is 4. The lowest BCUT2D eigenvalue weighted by Crippen LogP contribution is -2.24. The quantitative estimate of drug-likeness (QED) is 0.343. The fourth-order valence-corrected chi connectivity index (χ4v) is 4.37. The Morgan fingerprint density at radius 3 is 2.91 bits per heavy atom. The maximum atomic E-state index is 12.9. The van der Waals surface area contributed by atoms with E-state index in [-0.39, 0.29) is 5.91 Å². The van der Waals surface area contributed by atoms with E-state index in [0.29, 0.717) is 46.4 Å². The number of rotatable bonds is 6. The van der Waals surface area contributed by atoms with Crippen LogP contribution in [0.2, 0.25) is 5.02 Å². The molecular formula is C24H22ClN7O2. The molecule has 5 aromatic rings. The first-order valence-corrected chi connectivity index (χ1v) is 11.0. The summed E-state index contributed by atoms with van der Waals surface area (Å²) in [6.07, 6.45) is 3.10. The molecule has 172 valence electrons. The lowest BCUT2D eigenvalue weighted by atomic mass is 10.1. The number of amides is 1. The third-order valence-electron chi connectivity index (χ3n) is 5.72. The van der Waals surface area contributed by atoms with Crippen molar-refractivity contribution in [3.63, 3.8) is 0 Å². The normalized spacial score (nSPS) is 11.3. The van der Waals surface area contributed by atoms with Gasteiger partial charge in [-0.25, -0.2) is 15.0 Å². The van der Waals surface area contributed by atoms with Crippen LogP contribution in [0.15, 0.2) is 49.1 Å². The number of aromatic amines is 1. The second-order valence-electron chi connectivity index (χ2n) is 7.96. The number of aromatic nitrogens is 5. The predicted octanol–water partition coefficient (Wildman–Crippen LogP) is 3.84. The number of aryl methyl sites for hydroxylation is 1. The smallest absolute Gasteiger partial charge is 0.255 e. The number of hydrogen-bond acceptors (Lipinski definition) is 6. The first kappa shape index (κ1) is 21.7. The van der Waals surface area contributed by atoms with Gasteiger partial charge in [0.2, 0.25) is 0 Å². The third kappa shape index (κ3) is 3.90. The summed E-state index contributed by atoms with van der Waals surface area (Å²) in [5.41, 5.74) is 11.2. The van der Waals surface area contributed by atoms with Gasteiger partial charge in [0.05, 0.1) is 37.6 Å². The summed E-state index contributed by atoms with van der Waals surface area (Å²) in [6, 6.07) is 11.3. The van der Waals surface area contributed by atoms with Crippen LogP contribution in [0.25, 0.3) is 22.1 Å². The number of ether oxygens (including phenoxy) is 1. The van der Waals surface area contributed by atoms with Crippen LogP contribution in [0.4, 0.5) is 5.82 Å². The molecule has 10 heteroatoms. The molecule has 0 saturated heterocycles. The van der Waals surface area contributed by atoms with Crippen LogP contribution in [-0.4, -0.2) is 37.5 Å². The summed E-state index contributed by atoms with van der Waals surface area (Å²) in [4.78, 5) is 28.9. The Bertz CT molecular complexity index is 1540. The molecule has 0 aliphatic carbocycles. The number of nitrogens with one attached hydrogen (secondary N) is 2. The van der Waals surface area contributed by atoms with E-state index >= 15 is 0 Å². The summed E-state index contributed by atoms with van der Waals surface area (Å²) in [6.45, 7) is 2.68. The van der Waals surface area contributed by atoms with Crippen molar-refractivity contribution in [2.75, 3.05) is 12.8 Å². The molecule has 0 fully saturated rings. The van der Waals surface area contributed by atoms with Crippen LogP contribution in [0.3, 0.4) is 0 Å². The molecule has 9 nitrogen and oxygen atoms in total. The molecule has 0 radical (unpaired) electrons. The standard InChI is InChI=1S/C24H22ClN7O2/c1-13-4-3-5-18(34-2)19(13)24(33)27-9-17-8-14-6-16(25)7-15(20(14)31-17)10-32-12-30-21-22(26)28-11-29-23(21)32/h3-8,11-12,31H,9-10H2,1-2H3,(H,27,33)(H2,26,28,29). The first-order chi connectivity index (χ1) is 16.4. The van der Waals surface area contributed by atoms with Gasteiger partial charge < -0.3 is 25.3 Å². The zero-order valence-corrected chi connectivity index (χ0v) is 19.3. The van der Waals surface area contributed by atoms with E-state index in [1.54, 1.807) is 19.5 Å².